The summed E-state index contributed by atoms with van der Waals surface area (Å²) < 4.78 is 0. The zero-order valence-corrected chi connectivity index (χ0v) is 9.45. The molecule has 0 nitrogen and oxygen atoms in total. The van der Waals surface area contributed by atoms with E-state index in [0.717, 1.165) is 0 Å². The largest absolute Gasteiger partial charge is 1.00 e. The van der Waals surface area contributed by atoms with Gasteiger partial charge in [0.1, 0.15) is 0 Å². The van der Waals surface area contributed by atoms with Crippen molar-refractivity contribution in [3.05, 3.63) is 4.93 Å². The molecule has 0 spiro atoms. The number of hydrogen-bond acceptors (Lipinski definition) is 0. The van der Waals surface area contributed by atoms with Gasteiger partial charge in [-0.15, -0.1) is 0 Å². The first-order valence-electron chi connectivity index (χ1n) is 0.267. The van der Waals surface area contributed by atoms with E-state index in [9.17, 15) is 0 Å². The van der Waals surface area contributed by atoms with Crippen LogP contribution < -0.4 is 24.0 Å². The molecular formula is CH2I2Zn-. The van der Waals surface area contributed by atoms with Gasteiger partial charge in [-0.3, -0.25) is 0 Å². The van der Waals surface area contributed by atoms with Crippen molar-refractivity contribution in [1.82, 2.24) is 0 Å². The molecule has 0 bridgehead atoms. The smallest absolute Gasteiger partial charge is 0.00852 e. The van der Waals surface area contributed by atoms with Gasteiger partial charge in [-0.05, 0) is 0 Å². The maximum atomic E-state index is 3.22. The normalized spacial score (nSPS) is 1.50. The van der Waals surface area contributed by atoms with E-state index in [0.29, 0.717) is 0 Å². The summed E-state index contributed by atoms with van der Waals surface area (Å²) in [7, 11) is 0. The summed E-state index contributed by atoms with van der Waals surface area (Å²) in [6.45, 7) is 0. The molecule has 23 valence electrons. The Bertz CT molecular complexity index is 6.00. The van der Waals surface area contributed by atoms with Crippen molar-refractivity contribution in [2.24, 2.45) is 0 Å². The molecule has 0 aliphatic rings. The summed E-state index contributed by atoms with van der Waals surface area (Å²) in [4.78, 5) is 3.22. The fourth-order valence-corrected chi connectivity index (χ4v) is 0. The molecular weight excluding hydrogens is 331 g/mol. The second kappa shape index (κ2) is 19.5. The zero-order valence-electron chi connectivity index (χ0n) is 2.17. The van der Waals surface area contributed by atoms with Crippen LogP contribution in [0.4, 0.5) is 0 Å². The summed E-state index contributed by atoms with van der Waals surface area (Å²) in [5, 5.41) is 0. The van der Waals surface area contributed by atoms with Crippen LogP contribution in [0, 0.1) is 4.93 Å². The first-order chi connectivity index (χ1) is 1.00. The predicted molar refractivity (Wildman–Crippen MR) is 19.4 cm³/mol. The Morgan fingerprint density at radius 3 is 1.25 bits per heavy atom. The zero-order chi connectivity index (χ0) is 2.00. The molecule has 0 unspecified atom stereocenters. The summed E-state index contributed by atoms with van der Waals surface area (Å²) in [6.07, 6.45) is 0. The molecule has 0 aliphatic heterocycles. The van der Waals surface area contributed by atoms with Crippen molar-refractivity contribution in [1.29, 1.82) is 0 Å². The minimum atomic E-state index is 0. The second-order valence-corrected chi connectivity index (χ2v) is 0. The van der Waals surface area contributed by atoms with Gasteiger partial charge in [-0.2, -0.15) is 0 Å². The molecule has 0 aliphatic carbocycles. The van der Waals surface area contributed by atoms with Gasteiger partial charge in [-0.25, -0.2) is 0 Å². The Kier molecular flexibility index (Phi) is 80.7. The van der Waals surface area contributed by atoms with Crippen LogP contribution in [0.2, 0.25) is 0 Å². The minimum Gasteiger partial charge on any atom is -1.00 e. The molecule has 0 saturated carbocycles. The topological polar surface area (TPSA) is 0 Å². The third-order valence-electron chi connectivity index (χ3n) is 0. The Hall–Kier alpha value is 2.08. The van der Waals surface area contributed by atoms with Crippen molar-refractivity contribution in [3.8, 4) is 0 Å². The van der Waals surface area contributed by atoms with Crippen molar-refractivity contribution in [2.75, 3.05) is 0 Å². The Labute approximate surface area is 70.0 Å². The van der Waals surface area contributed by atoms with Gasteiger partial charge < -0.3 is 24.0 Å². The molecule has 4 heavy (non-hydrogen) atoms. The third-order valence-corrected chi connectivity index (χ3v) is 0. The first kappa shape index (κ1) is 16.5. The second-order valence-electron chi connectivity index (χ2n) is 0. The van der Waals surface area contributed by atoms with E-state index in [4.69, 9.17) is 0 Å². The van der Waals surface area contributed by atoms with E-state index in [1.54, 1.807) is 0 Å². The van der Waals surface area contributed by atoms with Crippen LogP contribution in [-0.2, 0) is 19.5 Å². The van der Waals surface area contributed by atoms with Crippen molar-refractivity contribution in [2.45, 2.75) is 0 Å². The maximum absolute atomic E-state index is 3.22. The Balaban J connectivity index is -0.00000000500. The van der Waals surface area contributed by atoms with Crippen molar-refractivity contribution >= 4 is 22.6 Å². The van der Waals surface area contributed by atoms with Gasteiger partial charge >= 0.3 is 0 Å². The molecule has 0 fully saturated rings. The quantitative estimate of drug-likeness (QED) is 0.363. The predicted octanol–water partition coefficient (Wildman–Crippen LogP) is -1.79. The molecule has 0 aromatic heterocycles. The molecule has 3 heteroatoms. The van der Waals surface area contributed by atoms with E-state index in [1.807, 2.05) is 22.6 Å². The van der Waals surface area contributed by atoms with Crippen LogP contribution in [0.5, 0.6) is 0 Å². The van der Waals surface area contributed by atoms with Crippen molar-refractivity contribution < 1.29 is 43.5 Å². The fourth-order valence-electron chi connectivity index (χ4n) is 0. The molecule has 0 saturated heterocycles. The number of hydrogen-bond donors (Lipinski definition) is 0. The third kappa shape index (κ3) is 8.94. The van der Waals surface area contributed by atoms with Gasteiger partial charge in [0.05, 0.1) is 0 Å². The number of rotatable bonds is 0. The summed E-state index contributed by atoms with van der Waals surface area (Å²) >= 11 is 1.90. The van der Waals surface area contributed by atoms with Crippen LogP contribution >= 0.6 is 22.6 Å². The molecule has 0 N–H and O–H groups in total. The first-order valence-corrected chi connectivity index (χ1v) is 1.79. The van der Waals surface area contributed by atoms with Gasteiger partial charge in [0.2, 0.25) is 0 Å². The minimum absolute atomic E-state index is 0. The van der Waals surface area contributed by atoms with Gasteiger partial charge in [0.25, 0.3) is 0 Å². The van der Waals surface area contributed by atoms with Gasteiger partial charge in [-0.1, -0.05) is 22.6 Å². The van der Waals surface area contributed by atoms with Crippen LogP contribution in [0.15, 0.2) is 0 Å². The maximum Gasteiger partial charge on any atom is 0.00852 e. The number of halogens is 2. The summed E-state index contributed by atoms with van der Waals surface area (Å²) in [5.74, 6) is 0. The monoisotopic (exact) mass is 332 g/mol. The Morgan fingerprint density at radius 2 is 1.25 bits per heavy atom. The van der Waals surface area contributed by atoms with E-state index in [-0.39, 0.29) is 43.5 Å². The van der Waals surface area contributed by atoms with Crippen LogP contribution in [0.1, 0.15) is 0 Å². The van der Waals surface area contributed by atoms with Crippen LogP contribution in [0.3, 0.4) is 0 Å². The van der Waals surface area contributed by atoms with E-state index < -0.39 is 0 Å². The van der Waals surface area contributed by atoms with E-state index in [1.165, 1.54) is 0 Å². The van der Waals surface area contributed by atoms with Crippen molar-refractivity contribution in [3.63, 3.8) is 0 Å². The standard InChI is InChI=1S/CH2I.HI.Zn/c1-2;;/h1H2;1H;/p-1. The Morgan fingerprint density at radius 1 is 1.25 bits per heavy atom. The summed E-state index contributed by atoms with van der Waals surface area (Å²) in [5.41, 5.74) is 0. The fraction of sp³-hybridized carbons (Fsp3) is 0. The van der Waals surface area contributed by atoms with Gasteiger partial charge in [0, 0.05) is 24.4 Å². The van der Waals surface area contributed by atoms with Crippen LogP contribution in [0.25, 0.3) is 0 Å². The van der Waals surface area contributed by atoms with E-state index in [2.05, 4.69) is 4.93 Å². The molecule has 0 atom stereocenters. The molecule has 0 heterocycles. The average molecular weight is 333 g/mol. The van der Waals surface area contributed by atoms with Crippen LogP contribution in [-0.4, -0.2) is 0 Å². The summed E-state index contributed by atoms with van der Waals surface area (Å²) in [6, 6.07) is 0. The molecule has 0 aromatic carbocycles. The molecule has 0 rings (SSSR count). The molecule has 0 amide bonds. The average Bonchev–Trinajstić information content (AvgIpc) is 1.00. The molecule has 0 aromatic rings. The van der Waals surface area contributed by atoms with Gasteiger partial charge in [0.15, 0.2) is 0 Å². The molecule has 1 radical (unpaired) electrons. The van der Waals surface area contributed by atoms with E-state index >= 15 is 0 Å². The SMILES string of the molecule is [CH2]I.[I-].[Zn].